The van der Waals surface area contributed by atoms with Crippen LogP contribution in [0.3, 0.4) is 0 Å². The van der Waals surface area contributed by atoms with Gasteiger partial charge in [0.25, 0.3) is 5.91 Å². The maximum Gasteiger partial charge on any atom is 0.305 e. The summed E-state index contributed by atoms with van der Waals surface area (Å²) >= 11 is 0. The summed E-state index contributed by atoms with van der Waals surface area (Å²) in [5.41, 5.74) is 0.256. The lowest BCUT2D eigenvalue weighted by atomic mass is 9.96. The van der Waals surface area contributed by atoms with Crippen molar-refractivity contribution in [3.63, 3.8) is 0 Å². The van der Waals surface area contributed by atoms with Crippen molar-refractivity contribution in [2.24, 2.45) is 5.41 Å². The summed E-state index contributed by atoms with van der Waals surface area (Å²) in [5, 5.41) is 14.3. The van der Waals surface area contributed by atoms with Crippen LogP contribution in [-0.4, -0.2) is 35.9 Å². The van der Waals surface area contributed by atoms with Crippen LogP contribution >= 0.6 is 0 Å². The number of carbonyl (C=O) groups is 1. The fourth-order valence-corrected chi connectivity index (χ4v) is 2.23. The highest BCUT2D eigenvalue weighted by molar-refractivity contribution is 6.00. The maximum absolute atomic E-state index is 12.5. The largest absolute Gasteiger partial charge is 0.380 e. The van der Waals surface area contributed by atoms with Gasteiger partial charge in [0.1, 0.15) is 11.3 Å². The molecular formula is C15H23N3O3. The first-order valence-electron chi connectivity index (χ1n) is 6.94. The van der Waals surface area contributed by atoms with Gasteiger partial charge in [0, 0.05) is 20.1 Å². The van der Waals surface area contributed by atoms with Crippen LogP contribution in [0.25, 0.3) is 0 Å². The molecule has 0 spiro atoms. The second-order valence-corrected chi connectivity index (χ2v) is 6.21. The molecule has 1 amide bonds. The Hall–Kier alpha value is -2.11. The first-order valence-corrected chi connectivity index (χ1v) is 6.94. The molecule has 0 fully saturated rings. The zero-order valence-electron chi connectivity index (χ0n) is 13.3. The van der Waals surface area contributed by atoms with Crippen molar-refractivity contribution in [1.29, 1.82) is 0 Å². The smallest absolute Gasteiger partial charge is 0.305 e. The Kier molecular flexibility index (Phi) is 5.29. The number of hydrogen-bond donors (Lipinski definition) is 1. The van der Waals surface area contributed by atoms with Crippen molar-refractivity contribution >= 4 is 17.3 Å². The van der Waals surface area contributed by atoms with Gasteiger partial charge in [-0.05, 0) is 24.5 Å². The summed E-state index contributed by atoms with van der Waals surface area (Å²) in [7, 11) is 1.66. The van der Waals surface area contributed by atoms with Crippen molar-refractivity contribution in [2.75, 3.05) is 25.5 Å². The topological polar surface area (TPSA) is 75.5 Å². The van der Waals surface area contributed by atoms with Crippen LogP contribution in [0.2, 0.25) is 0 Å². The van der Waals surface area contributed by atoms with Crippen molar-refractivity contribution in [3.05, 3.63) is 33.9 Å². The van der Waals surface area contributed by atoms with E-state index < -0.39 is 4.92 Å². The quantitative estimate of drug-likeness (QED) is 0.668. The first-order chi connectivity index (χ1) is 9.67. The number of nitro groups is 1. The molecular weight excluding hydrogens is 270 g/mol. The molecule has 1 rings (SSSR count). The molecule has 6 heteroatoms. The van der Waals surface area contributed by atoms with E-state index >= 15 is 0 Å². The highest BCUT2D eigenvalue weighted by atomic mass is 16.6. The molecule has 1 N–H and O–H groups in total. The molecule has 0 atom stereocenters. The number of hydrogen-bond acceptors (Lipinski definition) is 4. The number of anilines is 1. The SMILES string of the molecule is CCNc1cccc(C(=O)N(C)CC(C)(C)C)c1[N+](=O)[O-]. The second-order valence-electron chi connectivity index (χ2n) is 6.21. The zero-order valence-corrected chi connectivity index (χ0v) is 13.3. The van der Waals surface area contributed by atoms with Gasteiger partial charge in [0.15, 0.2) is 0 Å². The third-order valence-electron chi connectivity index (χ3n) is 2.87. The average Bonchev–Trinajstić information content (AvgIpc) is 2.35. The van der Waals surface area contributed by atoms with Gasteiger partial charge in [-0.15, -0.1) is 0 Å². The molecule has 6 nitrogen and oxygen atoms in total. The summed E-state index contributed by atoms with van der Waals surface area (Å²) < 4.78 is 0. The monoisotopic (exact) mass is 293 g/mol. The molecule has 0 saturated carbocycles. The van der Waals surface area contributed by atoms with Crippen LogP contribution < -0.4 is 5.32 Å². The van der Waals surface area contributed by atoms with Gasteiger partial charge in [0.05, 0.1) is 4.92 Å². The number of nitrogens with zero attached hydrogens (tertiary/aromatic N) is 2. The van der Waals surface area contributed by atoms with Crippen molar-refractivity contribution in [2.45, 2.75) is 27.7 Å². The summed E-state index contributed by atoms with van der Waals surface area (Å²) in [6, 6.07) is 4.77. The van der Waals surface area contributed by atoms with E-state index in [9.17, 15) is 14.9 Å². The number of nitrogens with one attached hydrogen (secondary N) is 1. The molecule has 0 saturated heterocycles. The molecule has 0 radical (unpaired) electrons. The van der Waals surface area contributed by atoms with E-state index in [1.165, 1.54) is 11.0 Å². The Morgan fingerprint density at radius 2 is 2.00 bits per heavy atom. The Morgan fingerprint density at radius 1 is 1.38 bits per heavy atom. The van der Waals surface area contributed by atoms with Crippen LogP contribution in [0.15, 0.2) is 18.2 Å². The van der Waals surface area contributed by atoms with Gasteiger partial charge in [0.2, 0.25) is 0 Å². The maximum atomic E-state index is 12.5. The third kappa shape index (κ3) is 4.44. The predicted molar refractivity (Wildman–Crippen MR) is 83.7 cm³/mol. The fourth-order valence-electron chi connectivity index (χ4n) is 2.23. The van der Waals surface area contributed by atoms with Crippen LogP contribution in [-0.2, 0) is 0 Å². The highest BCUT2D eigenvalue weighted by Crippen LogP contribution is 2.30. The van der Waals surface area contributed by atoms with E-state index in [-0.39, 0.29) is 22.6 Å². The van der Waals surface area contributed by atoms with Crippen LogP contribution in [0.4, 0.5) is 11.4 Å². The standard InChI is InChI=1S/C15H23N3O3/c1-6-16-12-9-7-8-11(13(12)18(20)21)14(19)17(5)10-15(2,3)4/h7-9,16H,6,10H2,1-5H3. The number of carbonyl (C=O) groups excluding carboxylic acids is 1. The number of amides is 1. The third-order valence-corrected chi connectivity index (χ3v) is 2.87. The lowest BCUT2D eigenvalue weighted by Crippen LogP contribution is -2.34. The average molecular weight is 293 g/mol. The van der Waals surface area contributed by atoms with E-state index in [1.54, 1.807) is 19.2 Å². The minimum Gasteiger partial charge on any atom is -0.380 e. The molecule has 0 bridgehead atoms. The van der Waals surface area contributed by atoms with Crippen molar-refractivity contribution < 1.29 is 9.72 Å². The number of para-hydroxylation sites is 1. The van der Waals surface area contributed by atoms with Crippen molar-refractivity contribution in [1.82, 2.24) is 4.90 Å². The van der Waals surface area contributed by atoms with Gasteiger partial charge < -0.3 is 10.2 Å². The fraction of sp³-hybridized carbons (Fsp3) is 0.533. The Labute approximate surface area is 125 Å². The first kappa shape index (κ1) is 16.9. The number of rotatable bonds is 5. The number of benzene rings is 1. The Morgan fingerprint density at radius 3 is 2.48 bits per heavy atom. The summed E-state index contributed by atoms with van der Waals surface area (Å²) in [6.45, 7) is 8.97. The van der Waals surface area contributed by atoms with Crippen LogP contribution in [0.1, 0.15) is 38.1 Å². The molecule has 0 unspecified atom stereocenters. The highest BCUT2D eigenvalue weighted by Gasteiger charge is 2.27. The van der Waals surface area contributed by atoms with Gasteiger partial charge in [-0.25, -0.2) is 0 Å². The molecule has 0 aliphatic heterocycles. The van der Waals surface area contributed by atoms with Crippen LogP contribution in [0, 0.1) is 15.5 Å². The van der Waals surface area contributed by atoms with Crippen LogP contribution in [0.5, 0.6) is 0 Å². The zero-order chi connectivity index (χ0) is 16.2. The van der Waals surface area contributed by atoms with E-state index in [2.05, 4.69) is 5.32 Å². The molecule has 0 aliphatic carbocycles. The van der Waals surface area contributed by atoms with E-state index in [0.717, 1.165) is 0 Å². The lowest BCUT2D eigenvalue weighted by Gasteiger charge is -2.26. The normalized spacial score (nSPS) is 11.1. The Bertz CT molecular complexity index is 535. The summed E-state index contributed by atoms with van der Waals surface area (Å²) in [6.07, 6.45) is 0. The molecule has 116 valence electrons. The molecule has 0 aromatic heterocycles. The van der Waals surface area contributed by atoms with Gasteiger partial charge >= 0.3 is 5.69 Å². The Balaban J connectivity index is 3.20. The minimum atomic E-state index is -0.504. The molecule has 1 aromatic carbocycles. The second kappa shape index (κ2) is 6.56. The summed E-state index contributed by atoms with van der Waals surface area (Å²) in [5.74, 6) is -0.337. The summed E-state index contributed by atoms with van der Waals surface area (Å²) in [4.78, 5) is 24.8. The van der Waals surface area contributed by atoms with E-state index in [1.807, 2.05) is 27.7 Å². The van der Waals surface area contributed by atoms with Gasteiger partial charge in [-0.3, -0.25) is 14.9 Å². The van der Waals surface area contributed by atoms with E-state index in [0.29, 0.717) is 18.8 Å². The van der Waals surface area contributed by atoms with Gasteiger partial charge in [-0.2, -0.15) is 0 Å². The lowest BCUT2D eigenvalue weighted by molar-refractivity contribution is -0.384. The van der Waals surface area contributed by atoms with Crippen molar-refractivity contribution in [3.8, 4) is 0 Å². The number of nitro benzene ring substituents is 1. The molecule has 21 heavy (non-hydrogen) atoms. The van der Waals surface area contributed by atoms with E-state index in [4.69, 9.17) is 0 Å². The van der Waals surface area contributed by atoms with Gasteiger partial charge in [-0.1, -0.05) is 26.8 Å². The molecule has 1 aromatic rings. The predicted octanol–water partition coefficient (Wildman–Crippen LogP) is 3.14. The molecule has 0 aliphatic rings. The minimum absolute atomic E-state index is 0.0710. The molecule has 0 heterocycles.